The Morgan fingerprint density at radius 3 is 2.79 bits per heavy atom. The molecule has 1 aromatic carbocycles. The highest BCUT2D eigenvalue weighted by Crippen LogP contribution is 2.36. The van der Waals surface area contributed by atoms with Gasteiger partial charge in [-0.2, -0.15) is 4.98 Å². The fourth-order valence-corrected chi connectivity index (χ4v) is 4.27. The minimum absolute atomic E-state index is 0.00919. The average Bonchev–Trinajstić information content (AvgIpc) is 3.44. The maximum atomic E-state index is 15.2. The second kappa shape index (κ2) is 8.08. The van der Waals surface area contributed by atoms with Crippen molar-refractivity contribution in [2.45, 2.75) is 24.9 Å². The Labute approximate surface area is 191 Å². The number of ether oxygens (including phenoxy) is 1. The molecule has 1 N–H and O–H groups in total. The molecule has 0 spiro atoms. The van der Waals surface area contributed by atoms with Gasteiger partial charge >= 0.3 is 0 Å². The van der Waals surface area contributed by atoms with Gasteiger partial charge in [0.05, 0.1) is 37.0 Å². The zero-order valence-corrected chi connectivity index (χ0v) is 18.6. The van der Waals surface area contributed by atoms with Gasteiger partial charge in [-0.1, -0.05) is 11.3 Å². The summed E-state index contributed by atoms with van der Waals surface area (Å²) in [6.07, 6.45) is 1.13. The molecular formula is C21H22F4N8O. The molecule has 180 valence electrons. The van der Waals surface area contributed by atoms with Gasteiger partial charge in [-0.05, 0) is 31.7 Å². The molecule has 1 aliphatic heterocycles. The first-order valence-corrected chi connectivity index (χ1v) is 10.6. The molecule has 13 heteroatoms. The van der Waals surface area contributed by atoms with Crippen molar-refractivity contribution in [2.24, 2.45) is 0 Å². The second-order valence-electron chi connectivity index (χ2n) is 8.49. The summed E-state index contributed by atoms with van der Waals surface area (Å²) in [5.74, 6) is -3.70. The minimum atomic E-state index is -2.98. The summed E-state index contributed by atoms with van der Waals surface area (Å²) in [7, 11) is 2.95. The molecule has 0 amide bonds. The van der Waals surface area contributed by atoms with E-state index in [1.54, 1.807) is 32.2 Å². The molecule has 1 fully saturated rings. The van der Waals surface area contributed by atoms with Gasteiger partial charge in [0.15, 0.2) is 5.82 Å². The molecule has 2 atom stereocenters. The number of nitrogens with zero attached hydrogens (tertiary/aromatic N) is 7. The van der Waals surface area contributed by atoms with E-state index in [4.69, 9.17) is 4.74 Å². The zero-order chi connectivity index (χ0) is 24.2. The van der Waals surface area contributed by atoms with Crippen LogP contribution in [0.25, 0.3) is 27.7 Å². The topological polar surface area (TPSA) is 85.4 Å². The van der Waals surface area contributed by atoms with Crippen LogP contribution < -0.4 is 10.1 Å². The first-order valence-electron chi connectivity index (χ1n) is 10.6. The van der Waals surface area contributed by atoms with Crippen LogP contribution in [0.4, 0.5) is 23.5 Å². The van der Waals surface area contributed by atoms with E-state index in [-0.39, 0.29) is 36.0 Å². The monoisotopic (exact) mass is 478 g/mol. The third-order valence-electron chi connectivity index (χ3n) is 5.93. The summed E-state index contributed by atoms with van der Waals surface area (Å²) < 4.78 is 64.9. The first kappa shape index (κ1) is 22.3. The molecule has 4 aromatic rings. The van der Waals surface area contributed by atoms with Gasteiger partial charge < -0.3 is 10.1 Å². The fraction of sp³-hybridized carbons (Fsp3) is 0.429. The van der Waals surface area contributed by atoms with Crippen LogP contribution in [0, 0.1) is 5.82 Å². The first-order chi connectivity index (χ1) is 16.2. The highest BCUT2D eigenvalue weighted by molar-refractivity contribution is 5.89. The number of methoxy groups -OCH3 is 1. The van der Waals surface area contributed by atoms with Crippen molar-refractivity contribution in [1.82, 2.24) is 34.5 Å². The van der Waals surface area contributed by atoms with E-state index in [1.165, 1.54) is 21.2 Å². The number of anilines is 1. The van der Waals surface area contributed by atoms with Gasteiger partial charge in [0.1, 0.15) is 23.7 Å². The molecule has 1 saturated heterocycles. The number of nitrogens with one attached hydrogen (secondary N) is 1. The lowest BCUT2D eigenvalue weighted by Crippen LogP contribution is -2.38. The molecule has 3 aromatic heterocycles. The number of hydrogen-bond acceptors (Lipinski definition) is 7. The molecule has 0 radical (unpaired) electrons. The number of halogens is 4. The van der Waals surface area contributed by atoms with Gasteiger partial charge in [-0.25, -0.2) is 26.8 Å². The van der Waals surface area contributed by atoms with E-state index in [0.717, 1.165) is 6.20 Å². The van der Waals surface area contributed by atoms with Gasteiger partial charge in [-0.15, -0.1) is 10.2 Å². The molecule has 4 heterocycles. The Morgan fingerprint density at radius 1 is 1.32 bits per heavy atom. The summed E-state index contributed by atoms with van der Waals surface area (Å²) in [6, 6.07) is 3.22. The zero-order valence-electron chi connectivity index (χ0n) is 18.6. The normalized spacial score (nSPS) is 19.2. The summed E-state index contributed by atoms with van der Waals surface area (Å²) in [6.45, 7) is 0.730. The largest absolute Gasteiger partial charge is 0.479 e. The number of rotatable bonds is 6. The predicted octanol–water partition coefficient (Wildman–Crippen LogP) is 3.18. The van der Waals surface area contributed by atoms with Crippen LogP contribution in [0.1, 0.15) is 13.0 Å². The van der Waals surface area contributed by atoms with Crippen molar-refractivity contribution in [1.29, 1.82) is 0 Å². The van der Waals surface area contributed by atoms with Gasteiger partial charge in [0.25, 0.3) is 5.92 Å². The Bertz CT molecular complexity index is 1370. The van der Waals surface area contributed by atoms with Crippen LogP contribution in [-0.2, 0) is 0 Å². The van der Waals surface area contributed by atoms with Crippen molar-refractivity contribution in [3.8, 4) is 17.0 Å². The molecule has 0 bridgehead atoms. The van der Waals surface area contributed by atoms with Crippen molar-refractivity contribution in [3.63, 3.8) is 0 Å². The molecule has 0 unspecified atom stereocenters. The average molecular weight is 478 g/mol. The molecule has 0 aliphatic carbocycles. The third-order valence-corrected chi connectivity index (χ3v) is 5.93. The van der Waals surface area contributed by atoms with Crippen molar-refractivity contribution in [2.75, 3.05) is 39.2 Å². The number of hydrogen-bond donors (Lipinski definition) is 1. The fourth-order valence-electron chi connectivity index (χ4n) is 4.27. The maximum Gasteiger partial charge on any atom is 0.281 e. The lowest BCUT2D eigenvalue weighted by Gasteiger charge is -2.19. The van der Waals surface area contributed by atoms with Crippen LogP contribution in [0.5, 0.6) is 5.88 Å². The SMILES string of the molecule is COc1nc(N[C@@H]2CN(C)CC2(F)F)nn2cc(F)c(-c3ccc4nnn([C@@H](C)CF)c4c3)c12. The van der Waals surface area contributed by atoms with Crippen LogP contribution in [-0.4, -0.2) is 80.4 Å². The Hall–Kier alpha value is -3.48. The summed E-state index contributed by atoms with van der Waals surface area (Å²) in [5.41, 5.74) is 1.89. The van der Waals surface area contributed by atoms with Gasteiger partial charge in [0, 0.05) is 6.54 Å². The van der Waals surface area contributed by atoms with Crippen molar-refractivity contribution in [3.05, 3.63) is 30.2 Å². The number of likely N-dealkylation sites (N-methyl/N-ethyl adjacent to an activating group) is 1. The number of benzene rings is 1. The van der Waals surface area contributed by atoms with Crippen LogP contribution >= 0.6 is 0 Å². The lowest BCUT2D eigenvalue weighted by molar-refractivity contribution is 0.00583. The molecule has 0 saturated carbocycles. The van der Waals surface area contributed by atoms with E-state index in [1.807, 2.05) is 0 Å². The Balaban J connectivity index is 1.60. The lowest BCUT2D eigenvalue weighted by atomic mass is 10.1. The van der Waals surface area contributed by atoms with E-state index in [2.05, 4.69) is 25.7 Å². The van der Waals surface area contributed by atoms with Crippen LogP contribution in [0.2, 0.25) is 0 Å². The van der Waals surface area contributed by atoms with E-state index in [9.17, 15) is 13.2 Å². The second-order valence-corrected chi connectivity index (χ2v) is 8.49. The summed E-state index contributed by atoms with van der Waals surface area (Å²) in [5, 5.41) is 14.9. The maximum absolute atomic E-state index is 15.2. The van der Waals surface area contributed by atoms with E-state index < -0.39 is 30.5 Å². The Morgan fingerprint density at radius 2 is 2.12 bits per heavy atom. The molecule has 34 heavy (non-hydrogen) atoms. The highest BCUT2D eigenvalue weighted by Gasteiger charge is 2.47. The van der Waals surface area contributed by atoms with Gasteiger partial charge in [0.2, 0.25) is 11.8 Å². The highest BCUT2D eigenvalue weighted by atomic mass is 19.3. The van der Waals surface area contributed by atoms with E-state index >= 15 is 4.39 Å². The van der Waals surface area contributed by atoms with Crippen molar-refractivity contribution >= 4 is 22.5 Å². The number of alkyl halides is 3. The Kier molecular flexibility index (Phi) is 5.30. The third kappa shape index (κ3) is 3.59. The molecule has 9 nitrogen and oxygen atoms in total. The van der Waals surface area contributed by atoms with Gasteiger partial charge in [-0.3, -0.25) is 4.90 Å². The van der Waals surface area contributed by atoms with Crippen LogP contribution in [0.15, 0.2) is 24.4 Å². The predicted molar refractivity (Wildman–Crippen MR) is 117 cm³/mol. The summed E-state index contributed by atoms with van der Waals surface area (Å²) in [4.78, 5) is 5.72. The molecule has 5 rings (SSSR count). The van der Waals surface area contributed by atoms with Crippen LogP contribution in [0.3, 0.4) is 0 Å². The minimum Gasteiger partial charge on any atom is -0.479 e. The standard InChI is InChI=1S/C21H22F4N8O/c1-11(7-22)33-15-6-12(4-5-14(15)28-30-33)17-13(23)8-32-18(17)19(34-3)27-20(29-32)26-16-9-31(2)10-21(16,24)25/h4-6,8,11,16H,7,9-10H2,1-3H3,(H,26,29)/t11-,16+/m0/s1. The molecule has 1 aliphatic rings. The molecular weight excluding hydrogens is 456 g/mol. The quantitative estimate of drug-likeness (QED) is 0.426. The number of aromatic nitrogens is 6. The van der Waals surface area contributed by atoms with Crippen molar-refractivity contribution < 1.29 is 22.3 Å². The number of fused-ring (bicyclic) bond motifs is 2. The van der Waals surface area contributed by atoms with E-state index in [0.29, 0.717) is 16.6 Å². The number of likely N-dealkylation sites (tertiary alicyclic amines) is 1. The summed E-state index contributed by atoms with van der Waals surface area (Å²) >= 11 is 0. The smallest absolute Gasteiger partial charge is 0.281 e.